The van der Waals surface area contributed by atoms with Crippen molar-refractivity contribution in [1.29, 1.82) is 0 Å². The SMILES string of the molecule is [N-]=[N+]=N[C@@H](Cc1ccc([N+](=O)[O-])cc1)Cn1ccnn1. The summed E-state index contributed by atoms with van der Waals surface area (Å²) in [5, 5.41) is 21.8. The van der Waals surface area contributed by atoms with Gasteiger partial charge < -0.3 is 0 Å². The van der Waals surface area contributed by atoms with Crippen LogP contribution < -0.4 is 0 Å². The maximum absolute atomic E-state index is 10.6. The summed E-state index contributed by atoms with van der Waals surface area (Å²) in [6.07, 6.45) is 3.69. The molecule has 2 aromatic rings. The summed E-state index contributed by atoms with van der Waals surface area (Å²) < 4.78 is 1.57. The number of hydrogen-bond donors (Lipinski definition) is 0. The van der Waals surface area contributed by atoms with E-state index in [4.69, 9.17) is 5.53 Å². The molecule has 0 aliphatic heterocycles. The van der Waals surface area contributed by atoms with Crippen molar-refractivity contribution in [1.82, 2.24) is 15.0 Å². The number of hydrogen-bond acceptors (Lipinski definition) is 5. The minimum Gasteiger partial charge on any atom is -0.258 e. The van der Waals surface area contributed by atoms with E-state index in [-0.39, 0.29) is 11.7 Å². The quantitative estimate of drug-likeness (QED) is 0.263. The summed E-state index contributed by atoms with van der Waals surface area (Å²) in [7, 11) is 0. The predicted octanol–water partition coefficient (Wildman–Crippen LogP) is 2.11. The third-order valence-corrected chi connectivity index (χ3v) is 2.70. The van der Waals surface area contributed by atoms with Gasteiger partial charge in [-0.25, -0.2) is 0 Å². The number of nitro benzene ring substituents is 1. The average molecular weight is 273 g/mol. The van der Waals surface area contributed by atoms with Crippen LogP contribution in [0.2, 0.25) is 0 Å². The van der Waals surface area contributed by atoms with Crippen LogP contribution in [-0.4, -0.2) is 26.0 Å². The molecular weight excluding hydrogens is 262 g/mol. The molecule has 9 heteroatoms. The van der Waals surface area contributed by atoms with E-state index in [0.717, 1.165) is 5.56 Å². The van der Waals surface area contributed by atoms with Gasteiger partial charge in [0.2, 0.25) is 0 Å². The van der Waals surface area contributed by atoms with Gasteiger partial charge in [0, 0.05) is 23.2 Å². The zero-order valence-electron chi connectivity index (χ0n) is 10.4. The Morgan fingerprint density at radius 3 is 2.75 bits per heavy atom. The van der Waals surface area contributed by atoms with E-state index in [1.165, 1.54) is 12.1 Å². The first-order chi connectivity index (χ1) is 9.69. The molecule has 0 spiro atoms. The van der Waals surface area contributed by atoms with Crippen LogP contribution in [0.1, 0.15) is 5.56 Å². The number of non-ortho nitro benzene ring substituents is 1. The Morgan fingerprint density at radius 2 is 2.20 bits per heavy atom. The summed E-state index contributed by atoms with van der Waals surface area (Å²) in [5.74, 6) is 0. The number of nitrogens with zero attached hydrogens (tertiary/aromatic N) is 7. The van der Waals surface area contributed by atoms with E-state index in [2.05, 4.69) is 20.3 Å². The molecule has 0 amide bonds. The fourth-order valence-electron chi connectivity index (χ4n) is 1.79. The van der Waals surface area contributed by atoms with E-state index in [1.54, 1.807) is 29.2 Å². The number of aromatic nitrogens is 3. The van der Waals surface area contributed by atoms with E-state index in [0.29, 0.717) is 13.0 Å². The van der Waals surface area contributed by atoms with Gasteiger partial charge in [0.25, 0.3) is 5.69 Å². The summed E-state index contributed by atoms with van der Waals surface area (Å²) >= 11 is 0. The van der Waals surface area contributed by atoms with Crippen molar-refractivity contribution in [3.63, 3.8) is 0 Å². The van der Waals surface area contributed by atoms with Crippen LogP contribution in [0.4, 0.5) is 5.69 Å². The summed E-state index contributed by atoms with van der Waals surface area (Å²) in [6, 6.07) is 5.83. The van der Waals surface area contributed by atoms with Gasteiger partial charge in [0.05, 0.1) is 23.7 Å². The lowest BCUT2D eigenvalue weighted by molar-refractivity contribution is -0.384. The van der Waals surface area contributed by atoms with Crippen molar-refractivity contribution in [2.24, 2.45) is 5.11 Å². The molecule has 0 radical (unpaired) electrons. The largest absolute Gasteiger partial charge is 0.269 e. The Bertz CT molecular complexity index is 617. The molecule has 0 bridgehead atoms. The molecule has 0 saturated heterocycles. The monoisotopic (exact) mass is 273 g/mol. The Morgan fingerprint density at radius 1 is 1.45 bits per heavy atom. The maximum atomic E-state index is 10.6. The van der Waals surface area contributed by atoms with Crippen LogP contribution in [0.5, 0.6) is 0 Å². The molecule has 20 heavy (non-hydrogen) atoms. The highest BCUT2D eigenvalue weighted by Crippen LogP contribution is 2.14. The molecule has 0 saturated carbocycles. The first kappa shape index (κ1) is 13.5. The Balaban J connectivity index is 2.07. The average Bonchev–Trinajstić information content (AvgIpc) is 2.92. The molecule has 1 atom stereocenters. The Kier molecular flexibility index (Phi) is 4.25. The van der Waals surface area contributed by atoms with Gasteiger partial charge in [0.1, 0.15) is 0 Å². The smallest absolute Gasteiger partial charge is 0.258 e. The Hall–Kier alpha value is -2.93. The van der Waals surface area contributed by atoms with Crippen LogP contribution in [0.25, 0.3) is 10.4 Å². The number of nitro groups is 1. The van der Waals surface area contributed by atoms with Gasteiger partial charge in [0.15, 0.2) is 0 Å². The van der Waals surface area contributed by atoms with E-state index in [1.807, 2.05) is 0 Å². The molecule has 9 nitrogen and oxygen atoms in total. The lowest BCUT2D eigenvalue weighted by Gasteiger charge is -2.10. The topological polar surface area (TPSA) is 123 Å². The predicted molar refractivity (Wildman–Crippen MR) is 69.8 cm³/mol. The molecule has 1 heterocycles. The van der Waals surface area contributed by atoms with Gasteiger partial charge >= 0.3 is 0 Å². The van der Waals surface area contributed by atoms with E-state index in [9.17, 15) is 10.1 Å². The van der Waals surface area contributed by atoms with Crippen molar-refractivity contribution in [3.8, 4) is 0 Å². The van der Waals surface area contributed by atoms with Crippen molar-refractivity contribution in [2.45, 2.75) is 19.0 Å². The summed E-state index contributed by atoms with van der Waals surface area (Å²) in [6.45, 7) is 0.404. The third kappa shape index (κ3) is 3.53. The van der Waals surface area contributed by atoms with Crippen molar-refractivity contribution < 1.29 is 4.92 Å². The second-order valence-electron chi connectivity index (χ2n) is 4.11. The lowest BCUT2D eigenvalue weighted by Crippen LogP contribution is -2.17. The third-order valence-electron chi connectivity index (χ3n) is 2.70. The number of rotatable bonds is 6. The maximum Gasteiger partial charge on any atom is 0.269 e. The fraction of sp³-hybridized carbons (Fsp3) is 0.273. The van der Waals surface area contributed by atoms with Gasteiger partial charge in [-0.2, -0.15) is 0 Å². The van der Waals surface area contributed by atoms with Gasteiger partial charge in [-0.15, -0.1) is 5.10 Å². The summed E-state index contributed by atoms with van der Waals surface area (Å²) in [5.41, 5.74) is 9.47. The molecule has 0 fully saturated rings. The van der Waals surface area contributed by atoms with Crippen LogP contribution in [-0.2, 0) is 13.0 Å². The normalized spacial score (nSPS) is 11.6. The molecule has 1 aromatic heterocycles. The van der Waals surface area contributed by atoms with Crippen LogP contribution in [0.15, 0.2) is 41.8 Å². The highest BCUT2D eigenvalue weighted by Gasteiger charge is 2.11. The fourth-order valence-corrected chi connectivity index (χ4v) is 1.79. The lowest BCUT2D eigenvalue weighted by atomic mass is 10.1. The van der Waals surface area contributed by atoms with E-state index >= 15 is 0 Å². The highest BCUT2D eigenvalue weighted by atomic mass is 16.6. The van der Waals surface area contributed by atoms with E-state index < -0.39 is 4.92 Å². The zero-order chi connectivity index (χ0) is 14.4. The van der Waals surface area contributed by atoms with Gasteiger partial charge in [-0.3, -0.25) is 14.8 Å². The number of benzene rings is 1. The molecule has 0 aliphatic carbocycles. The highest BCUT2D eigenvalue weighted by molar-refractivity contribution is 5.33. The minimum absolute atomic E-state index is 0.0327. The zero-order valence-corrected chi connectivity index (χ0v) is 10.4. The molecule has 0 N–H and O–H groups in total. The molecule has 102 valence electrons. The first-order valence-electron chi connectivity index (χ1n) is 5.80. The van der Waals surface area contributed by atoms with Crippen LogP contribution >= 0.6 is 0 Å². The van der Waals surface area contributed by atoms with Crippen LogP contribution in [0.3, 0.4) is 0 Å². The molecule has 0 unspecified atom stereocenters. The molecular formula is C11H11N7O2. The minimum atomic E-state index is -0.454. The standard InChI is InChI=1S/C11H11N7O2/c12-15-14-10(8-17-6-5-13-16-17)7-9-1-3-11(4-2-9)18(19)20/h1-6,10H,7-8H2/t10-/m0/s1. The van der Waals surface area contributed by atoms with Crippen molar-refractivity contribution in [3.05, 3.63) is 62.8 Å². The van der Waals surface area contributed by atoms with Gasteiger partial charge in [-0.1, -0.05) is 22.5 Å². The van der Waals surface area contributed by atoms with Crippen molar-refractivity contribution >= 4 is 5.69 Å². The summed E-state index contributed by atoms with van der Waals surface area (Å²) in [4.78, 5) is 12.9. The van der Waals surface area contributed by atoms with Crippen molar-refractivity contribution in [2.75, 3.05) is 0 Å². The molecule has 1 aromatic carbocycles. The first-order valence-corrected chi connectivity index (χ1v) is 5.80. The number of azide groups is 1. The second kappa shape index (κ2) is 6.30. The van der Waals surface area contributed by atoms with Crippen LogP contribution in [0, 0.1) is 10.1 Å². The van der Waals surface area contributed by atoms with Gasteiger partial charge in [-0.05, 0) is 17.5 Å². The Labute approximate surface area is 113 Å². The second-order valence-corrected chi connectivity index (χ2v) is 4.11. The molecule has 0 aliphatic rings. The molecule has 2 rings (SSSR count).